The summed E-state index contributed by atoms with van der Waals surface area (Å²) >= 11 is 7.63. The Hall–Kier alpha value is -0.620. The van der Waals surface area contributed by atoms with Gasteiger partial charge in [0.15, 0.2) is 0 Å². The van der Waals surface area contributed by atoms with Crippen molar-refractivity contribution in [1.82, 2.24) is 0 Å². The SMILES string of the molecule is COc1ccc(NC(=O)C(N)CCSC)cc1Cl.Cl. The van der Waals surface area contributed by atoms with Crippen molar-refractivity contribution in [2.75, 3.05) is 24.4 Å². The number of nitrogens with two attached hydrogens (primary N) is 1. The zero-order chi connectivity index (χ0) is 13.5. The van der Waals surface area contributed by atoms with Gasteiger partial charge < -0.3 is 15.8 Å². The van der Waals surface area contributed by atoms with Crippen molar-refractivity contribution >= 4 is 47.4 Å². The maximum atomic E-state index is 11.8. The van der Waals surface area contributed by atoms with E-state index in [1.165, 1.54) is 7.11 Å². The Bertz CT molecular complexity index is 419. The second-order valence-corrected chi connectivity index (χ2v) is 5.12. The molecule has 0 spiro atoms. The molecule has 1 amide bonds. The minimum Gasteiger partial charge on any atom is -0.495 e. The molecule has 108 valence electrons. The van der Waals surface area contributed by atoms with Gasteiger partial charge in [-0.15, -0.1) is 12.4 Å². The third kappa shape index (κ3) is 5.91. The molecule has 4 nitrogen and oxygen atoms in total. The predicted octanol–water partition coefficient (Wildman–Crippen LogP) is 2.79. The number of hydrogen-bond acceptors (Lipinski definition) is 4. The molecule has 3 N–H and O–H groups in total. The van der Waals surface area contributed by atoms with Gasteiger partial charge in [0.1, 0.15) is 5.75 Å². The van der Waals surface area contributed by atoms with E-state index in [1.54, 1.807) is 30.0 Å². The van der Waals surface area contributed by atoms with Crippen LogP contribution in [-0.4, -0.2) is 31.1 Å². The van der Waals surface area contributed by atoms with E-state index in [0.29, 0.717) is 22.9 Å². The first-order chi connectivity index (χ1) is 8.58. The van der Waals surface area contributed by atoms with Gasteiger partial charge in [-0.2, -0.15) is 11.8 Å². The molecule has 0 aromatic heterocycles. The Balaban J connectivity index is 0.00000324. The molecule has 0 saturated heterocycles. The highest BCUT2D eigenvalue weighted by atomic mass is 35.5. The number of hydrogen-bond donors (Lipinski definition) is 2. The molecule has 19 heavy (non-hydrogen) atoms. The van der Waals surface area contributed by atoms with Gasteiger partial charge in [0.05, 0.1) is 18.2 Å². The van der Waals surface area contributed by atoms with E-state index in [-0.39, 0.29) is 18.3 Å². The average Bonchev–Trinajstić information content (AvgIpc) is 2.36. The molecule has 7 heteroatoms. The summed E-state index contributed by atoms with van der Waals surface area (Å²) in [5.41, 5.74) is 6.38. The third-order valence-electron chi connectivity index (χ3n) is 2.39. The summed E-state index contributed by atoms with van der Waals surface area (Å²) < 4.78 is 5.03. The predicted molar refractivity (Wildman–Crippen MR) is 84.9 cm³/mol. The second kappa shape index (κ2) is 9.31. The monoisotopic (exact) mass is 324 g/mol. The fourth-order valence-corrected chi connectivity index (χ4v) is 2.10. The van der Waals surface area contributed by atoms with Crippen molar-refractivity contribution in [3.63, 3.8) is 0 Å². The molecule has 0 bridgehead atoms. The fraction of sp³-hybridized carbons (Fsp3) is 0.417. The first kappa shape index (κ1) is 18.4. The second-order valence-electron chi connectivity index (χ2n) is 3.73. The Kier molecular flexibility index (Phi) is 9.01. The molecule has 0 heterocycles. The molecule has 0 aliphatic carbocycles. The van der Waals surface area contributed by atoms with Crippen molar-refractivity contribution in [3.8, 4) is 5.75 Å². The van der Waals surface area contributed by atoms with E-state index in [9.17, 15) is 4.79 Å². The number of methoxy groups -OCH3 is 1. The van der Waals surface area contributed by atoms with E-state index in [0.717, 1.165) is 5.75 Å². The number of amides is 1. The van der Waals surface area contributed by atoms with E-state index < -0.39 is 6.04 Å². The van der Waals surface area contributed by atoms with Crippen LogP contribution in [0.3, 0.4) is 0 Å². The van der Waals surface area contributed by atoms with E-state index in [2.05, 4.69) is 5.32 Å². The summed E-state index contributed by atoms with van der Waals surface area (Å²) in [6.07, 6.45) is 2.63. The first-order valence-electron chi connectivity index (χ1n) is 5.47. The van der Waals surface area contributed by atoms with Gasteiger partial charge in [0.25, 0.3) is 0 Å². The quantitative estimate of drug-likeness (QED) is 0.844. The molecule has 0 radical (unpaired) electrons. The molecule has 1 atom stereocenters. The van der Waals surface area contributed by atoms with Gasteiger partial charge in [0, 0.05) is 5.69 Å². The van der Waals surface area contributed by atoms with Gasteiger partial charge in [-0.05, 0) is 36.6 Å². The van der Waals surface area contributed by atoms with Crippen LogP contribution in [0.25, 0.3) is 0 Å². The van der Waals surface area contributed by atoms with Gasteiger partial charge in [-0.25, -0.2) is 0 Å². The van der Waals surface area contributed by atoms with E-state index in [1.807, 2.05) is 6.26 Å². The number of carbonyl (C=O) groups excluding carboxylic acids is 1. The summed E-state index contributed by atoms with van der Waals surface area (Å²) in [5, 5.41) is 3.18. The minimum atomic E-state index is -0.502. The highest BCUT2D eigenvalue weighted by Gasteiger charge is 2.13. The van der Waals surface area contributed by atoms with Crippen molar-refractivity contribution in [3.05, 3.63) is 23.2 Å². The largest absolute Gasteiger partial charge is 0.495 e. The molecule has 0 aliphatic rings. The van der Waals surface area contributed by atoms with E-state index in [4.69, 9.17) is 22.1 Å². The normalized spacial score (nSPS) is 11.4. The number of nitrogens with one attached hydrogen (secondary N) is 1. The number of rotatable bonds is 6. The van der Waals surface area contributed by atoms with Crippen LogP contribution in [0.1, 0.15) is 6.42 Å². The van der Waals surface area contributed by atoms with Gasteiger partial charge in [0.2, 0.25) is 5.91 Å². The zero-order valence-corrected chi connectivity index (χ0v) is 13.2. The number of anilines is 1. The van der Waals surface area contributed by atoms with Crippen molar-refractivity contribution in [2.24, 2.45) is 5.73 Å². The Morgan fingerprint density at radius 3 is 2.79 bits per heavy atom. The summed E-state index contributed by atoms with van der Waals surface area (Å²) in [7, 11) is 1.54. The molecule has 0 saturated carbocycles. The fourth-order valence-electron chi connectivity index (χ4n) is 1.36. The highest BCUT2D eigenvalue weighted by molar-refractivity contribution is 7.98. The summed E-state index contributed by atoms with van der Waals surface area (Å²) in [5.74, 6) is 1.23. The molecule has 1 rings (SSSR count). The van der Waals surface area contributed by atoms with Crippen LogP contribution in [0.15, 0.2) is 18.2 Å². The zero-order valence-electron chi connectivity index (χ0n) is 10.8. The number of ether oxygens (including phenoxy) is 1. The van der Waals surface area contributed by atoms with Crippen molar-refractivity contribution in [2.45, 2.75) is 12.5 Å². The van der Waals surface area contributed by atoms with Crippen LogP contribution >= 0.6 is 35.8 Å². The lowest BCUT2D eigenvalue weighted by molar-refractivity contribution is -0.117. The van der Waals surface area contributed by atoms with Gasteiger partial charge in [-0.1, -0.05) is 11.6 Å². The average molecular weight is 325 g/mol. The number of thioether (sulfide) groups is 1. The standard InChI is InChI=1S/C12H17ClN2O2S.ClH/c1-17-11-4-3-8(7-9(11)13)15-12(16)10(14)5-6-18-2;/h3-4,7,10H,5-6,14H2,1-2H3,(H,15,16);1H. The van der Waals surface area contributed by atoms with Gasteiger partial charge in [-0.3, -0.25) is 4.79 Å². The third-order valence-corrected chi connectivity index (χ3v) is 3.33. The lowest BCUT2D eigenvalue weighted by Gasteiger charge is -2.12. The van der Waals surface area contributed by atoms with Crippen molar-refractivity contribution < 1.29 is 9.53 Å². The summed E-state index contributed by atoms with van der Waals surface area (Å²) in [6, 6.07) is 4.56. The molecular formula is C12H18Cl2N2O2S. The smallest absolute Gasteiger partial charge is 0.241 e. The molecule has 0 fully saturated rings. The van der Waals surface area contributed by atoms with Crippen LogP contribution in [-0.2, 0) is 4.79 Å². The molecule has 1 aromatic rings. The summed E-state index contributed by atoms with van der Waals surface area (Å²) in [6.45, 7) is 0. The molecule has 1 aromatic carbocycles. The van der Waals surface area contributed by atoms with E-state index >= 15 is 0 Å². The number of carbonyl (C=O) groups is 1. The van der Waals surface area contributed by atoms with Crippen LogP contribution in [0.2, 0.25) is 5.02 Å². The Morgan fingerprint density at radius 2 is 2.26 bits per heavy atom. The number of halogens is 2. The maximum Gasteiger partial charge on any atom is 0.241 e. The van der Waals surface area contributed by atoms with Crippen LogP contribution in [0.4, 0.5) is 5.69 Å². The maximum absolute atomic E-state index is 11.8. The van der Waals surface area contributed by atoms with Crippen LogP contribution < -0.4 is 15.8 Å². The van der Waals surface area contributed by atoms with Crippen LogP contribution in [0.5, 0.6) is 5.75 Å². The number of benzene rings is 1. The molecule has 1 unspecified atom stereocenters. The topological polar surface area (TPSA) is 64.3 Å². The Morgan fingerprint density at radius 1 is 1.58 bits per heavy atom. The lowest BCUT2D eigenvalue weighted by atomic mass is 10.2. The van der Waals surface area contributed by atoms with Crippen LogP contribution in [0, 0.1) is 0 Å². The lowest BCUT2D eigenvalue weighted by Crippen LogP contribution is -2.36. The summed E-state index contributed by atoms with van der Waals surface area (Å²) in [4.78, 5) is 11.8. The molecule has 0 aliphatic heterocycles. The highest BCUT2D eigenvalue weighted by Crippen LogP contribution is 2.27. The van der Waals surface area contributed by atoms with Crippen molar-refractivity contribution in [1.29, 1.82) is 0 Å². The van der Waals surface area contributed by atoms with Gasteiger partial charge >= 0.3 is 0 Å². The minimum absolute atomic E-state index is 0. The molecular weight excluding hydrogens is 307 g/mol. The first-order valence-corrected chi connectivity index (χ1v) is 7.24. The Labute approximate surface area is 128 Å².